The Balaban J connectivity index is 1.96. The third kappa shape index (κ3) is 2.35. The van der Waals surface area contributed by atoms with E-state index in [0.717, 1.165) is 12.2 Å². The van der Waals surface area contributed by atoms with Gasteiger partial charge in [-0.05, 0) is 60.8 Å². The number of hydrogen-bond donors (Lipinski definition) is 0. The van der Waals surface area contributed by atoms with Crippen molar-refractivity contribution in [1.29, 1.82) is 0 Å². The Morgan fingerprint density at radius 2 is 2.15 bits per heavy atom. The largest absolute Gasteiger partial charge is 0.490 e. The van der Waals surface area contributed by atoms with Crippen molar-refractivity contribution in [3.05, 3.63) is 28.8 Å². The summed E-state index contributed by atoms with van der Waals surface area (Å²) in [4.78, 5) is 0. The summed E-state index contributed by atoms with van der Waals surface area (Å²) in [5.41, 5.74) is 4.30. The van der Waals surface area contributed by atoms with Gasteiger partial charge in [0.1, 0.15) is 11.9 Å². The fourth-order valence-electron chi connectivity index (χ4n) is 4.08. The predicted octanol–water partition coefficient (Wildman–Crippen LogP) is 4.27. The first-order valence-corrected chi connectivity index (χ1v) is 7.79. The van der Waals surface area contributed by atoms with Crippen LogP contribution in [0.15, 0.2) is 12.1 Å². The lowest BCUT2D eigenvalue weighted by atomic mass is 9.64. The van der Waals surface area contributed by atoms with Crippen molar-refractivity contribution in [1.82, 2.24) is 0 Å². The van der Waals surface area contributed by atoms with Crippen LogP contribution in [0, 0.1) is 18.3 Å². The van der Waals surface area contributed by atoms with Crippen LogP contribution in [0.3, 0.4) is 0 Å². The lowest BCUT2D eigenvalue weighted by Crippen LogP contribution is -2.45. The summed E-state index contributed by atoms with van der Waals surface area (Å²) in [7, 11) is 1.76. The van der Waals surface area contributed by atoms with Crippen LogP contribution in [0.25, 0.3) is 0 Å². The van der Waals surface area contributed by atoms with Gasteiger partial charge < -0.3 is 9.47 Å². The van der Waals surface area contributed by atoms with Gasteiger partial charge in [0, 0.05) is 13.0 Å². The minimum absolute atomic E-state index is 0.395. The molecule has 1 aromatic rings. The van der Waals surface area contributed by atoms with Gasteiger partial charge in [-0.1, -0.05) is 19.9 Å². The van der Waals surface area contributed by atoms with E-state index in [4.69, 9.17) is 9.47 Å². The van der Waals surface area contributed by atoms with Crippen LogP contribution in [0.5, 0.6) is 5.75 Å². The average Bonchev–Trinajstić information content (AvgIpc) is 2.38. The zero-order valence-electron chi connectivity index (χ0n) is 13.2. The van der Waals surface area contributed by atoms with E-state index in [1.165, 1.54) is 36.0 Å². The predicted molar refractivity (Wildman–Crippen MR) is 81.1 cm³/mol. The molecule has 0 aromatic heterocycles. The van der Waals surface area contributed by atoms with E-state index in [-0.39, 0.29) is 0 Å². The summed E-state index contributed by atoms with van der Waals surface area (Å²) in [5.74, 6) is 1.80. The van der Waals surface area contributed by atoms with Crippen LogP contribution >= 0.6 is 0 Å². The molecule has 2 heteroatoms. The molecule has 20 heavy (non-hydrogen) atoms. The van der Waals surface area contributed by atoms with Crippen LogP contribution < -0.4 is 4.74 Å². The summed E-state index contributed by atoms with van der Waals surface area (Å²) in [6.45, 7) is 7.66. The summed E-state index contributed by atoms with van der Waals surface area (Å²) >= 11 is 0. The van der Waals surface area contributed by atoms with Crippen molar-refractivity contribution < 1.29 is 9.47 Å². The molecule has 0 bridgehead atoms. The van der Waals surface area contributed by atoms with Crippen LogP contribution in [-0.4, -0.2) is 13.2 Å². The van der Waals surface area contributed by atoms with E-state index in [2.05, 4.69) is 32.9 Å². The van der Waals surface area contributed by atoms with Crippen molar-refractivity contribution in [3.8, 4) is 5.75 Å². The second-order valence-corrected chi connectivity index (χ2v) is 7.18. The first-order valence-electron chi connectivity index (χ1n) is 7.79. The first kappa shape index (κ1) is 13.9. The fourth-order valence-corrected chi connectivity index (χ4v) is 4.08. The lowest BCUT2D eigenvalue weighted by Gasteiger charge is -2.47. The summed E-state index contributed by atoms with van der Waals surface area (Å²) in [6, 6.07) is 4.49. The van der Waals surface area contributed by atoms with E-state index in [1.54, 1.807) is 7.11 Å². The molecule has 1 saturated carbocycles. The minimum Gasteiger partial charge on any atom is -0.490 e. The average molecular weight is 274 g/mol. The molecule has 2 nitrogen and oxygen atoms in total. The SMILES string of the molecule is COCc1cc(C)c2c(c1)C[C@H]1C(CCCC1(C)C)O2. The van der Waals surface area contributed by atoms with E-state index in [1.807, 2.05) is 0 Å². The van der Waals surface area contributed by atoms with Crippen molar-refractivity contribution in [2.45, 2.75) is 59.2 Å². The first-order chi connectivity index (χ1) is 9.51. The van der Waals surface area contributed by atoms with Gasteiger partial charge in [-0.25, -0.2) is 0 Å². The highest BCUT2D eigenvalue weighted by Crippen LogP contribution is 2.48. The zero-order chi connectivity index (χ0) is 14.3. The molecule has 0 spiro atoms. The second-order valence-electron chi connectivity index (χ2n) is 7.18. The van der Waals surface area contributed by atoms with E-state index in [0.29, 0.717) is 24.0 Å². The van der Waals surface area contributed by atoms with Crippen LogP contribution in [0.4, 0.5) is 0 Å². The van der Waals surface area contributed by atoms with Gasteiger partial charge in [0.2, 0.25) is 0 Å². The molecule has 1 aliphatic heterocycles. The Hall–Kier alpha value is -1.02. The van der Waals surface area contributed by atoms with E-state index >= 15 is 0 Å². The number of aryl methyl sites for hydroxylation is 1. The minimum atomic E-state index is 0.395. The molecular formula is C18H26O2. The van der Waals surface area contributed by atoms with Gasteiger partial charge in [0.25, 0.3) is 0 Å². The highest BCUT2D eigenvalue weighted by Gasteiger charge is 2.43. The summed E-state index contributed by atoms with van der Waals surface area (Å²) in [6.07, 6.45) is 5.41. The Labute approximate surface area is 122 Å². The number of benzene rings is 1. The maximum Gasteiger partial charge on any atom is 0.125 e. The van der Waals surface area contributed by atoms with Gasteiger partial charge in [0.15, 0.2) is 0 Å². The molecule has 1 aromatic carbocycles. The van der Waals surface area contributed by atoms with Gasteiger partial charge in [-0.3, -0.25) is 0 Å². The van der Waals surface area contributed by atoms with E-state index in [9.17, 15) is 0 Å². The molecule has 1 heterocycles. The highest BCUT2D eigenvalue weighted by atomic mass is 16.5. The maximum atomic E-state index is 6.39. The molecule has 110 valence electrons. The molecule has 0 radical (unpaired) electrons. The summed E-state index contributed by atoms with van der Waals surface area (Å²) < 4.78 is 11.7. The molecule has 1 fully saturated rings. The number of rotatable bonds is 2. The molecule has 1 unspecified atom stereocenters. The molecular weight excluding hydrogens is 248 g/mol. The third-order valence-corrected chi connectivity index (χ3v) is 5.19. The monoisotopic (exact) mass is 274 g/mol. The Bertz CT molecular complexity index is 504. The smallest absolute Gasteiger partial charge is 0.125 e. The molecule has 0 N–H and O–H groups in total. The Kier molecular flexibility index (Phi) is 3.53. The molecule has 2 atom stereocenters. The number of ether oxygens (including phenoxy) is 2. The highest BCUT2D eigenvalue weighted by molar-refractivity contribution is 5.46. The van der Waals surface area contributed by atoms with E-state index < -0.39 is 0 Å². The molecule has 1 aliphatic carbocycles. The standard InChI is InChI=1S/C18H26O2/c1-12-8-13(11-19-4)9-14-10-15-16(20-17(12)14)6-5-7-18(15,2)3/h8-9,15-16H,5-7,10-11H2,1-4H3/t15-,16?/m0/s1. The van der Waals surface area contributed by atoms with Gasteiger partial charge in [-0.2, -0.15) is 0 Å². The van der Waals surface area contributed by atoms with Gasteiger partial charge >= 0.3 is 0 Å². The number of hydrogen-bond acceptors (Lipinski definition) is 2. The van der Waals surface area contributed by atoms with Gasteiger partial charge in [-0.15, -0.1) is 0 Å². The van der Waals surface area contributed by atoms with Crippen LogP contribution in [-0.2, 0) is 17.8 Å². The van der Waals surface area contributed by atoms with Crippen LogP contribution in [0.1, 0.15) is 49.8 Å². The normalized spacial score (nSPS) is 27.4. The topological polar surface area (TPSA) is 18.5 Å². The van der Waals surface area contributed by atoms with Crippen molar-refractivity contribution in [2.24, 2.45) is 11.3 Å². The van der Waals surface area contributed by atoms with Gasteiger partial charge in [0.05, 0.1) is 6.61 Å². The number of fused-ring (bicyclic) bond motifs is 2. The van der Waals surface area contributed by atoms with Crippen molar-refractivity contribution in [2.75, 3.05) is 7.11 Å². The zero-order valence-corrected chi connectivity index (χ0v) is 13.2. The maximum absolute atomic E-state index is 6.39. The quantitative estimate of drug-likeness (QED) is 0.801. The third-order valence-electron chi connectivity index (χ3n) is 5.19. The second kappa shape index (κ2) is 5.07. The number of methoxy groups -OCH3 is 1. The van der Waals surface area contributed by atoms with Crippen molar-refractivity contribution in [3.63, 3.8) is 0 Å². The summed E-state index contributed by atoms with van der Waals surface area (Å²) in [5, 5.41) is 0. The Morgan fingerprint density at radius 3 is 2.90 bits per heavy atom. The Morgan fingerprint density at radius 1 is 1.35 bits per heavy atom. The van der Waals surface area contributed by atoms with Crippen molar-refractivity contribution >= 4 is 0 Å². The fraction of sp³-hybridized carbons (Fsp3) is 0.667. The molecule has 0 amide bonds. The molecule has 2 aliphatic rings. The lowest BCUT2D eigenvalue weighted by molar-refractivity contribution is -0.00608. The molecule has 3 rings (SSSR count). The van der Waals surface area contributed by atoms with Crippen LogP contribution in [0.2, 0.25) is 0 Å². The molecule has 0 saturated heterocycles.